The minimum Gasteiger partial charge on any atom is -0.424 e. The molecular weight excluding hydrogens is 433 g/mol. The van der Waals surface area contributed by atoms with Gasteiger partial charge in [-0.25, -0.2) is 4.98 Å². The zero-order valence-electron chi connectivity index (χ0n) is 15.8. The average molecular weight is 448 g/mol. The van der Waals surface area contributed by atoms with Crippen LogP contribution in [0.25, 0.3) is 0 Å². The molecule has 0 radical (unpaired) electrons. The largest absolute Gasteiger partial charge is 0.424 e. The molecule has 9 nitrogen and oxygen atoms in total. The minimum atomic E-state index is -0.573. The number of aryl methyl sites for hydroxylation is 1. The lowest BCUT2D eigenvalue weighted by Gasteiger charge is -2.35. The van der Waals surface area contributed by atoms with Crippen molar-refractivity contribution in [2.75, 3.05) is 37.6 Å². The Morgan fingerprint density at radius 2 is 1.70 bits per heavy atom. The first-order valence-corrected chi connectivity index (χ1v) is 9.81. The molecule has 3 amide bonds. The summed E-state index contributed by atoms with van der Waals surface area (Å²) in [5.74, 6) is -0.717. The predicted octanol–water partition coefficient (Wildman–Crippen LogP) is 2.11. The normalized spacial score (nSPS) is 16.1. The second kappa shape index (κ2) is 7.63. The minimum absolute atomic E-state index is 0.136. The van der Waals surface area contributed by atoms with E-state index in [1.54, 1.807) is 11.8 Å². The van der Waals surface area contributed by atoms with E-state index in [0.717, 1.165) is 4.90 Å². The van der Waals surface area contributed by atoms with Gasteiger partial charge in [0.2, 0.25) is 17.5 Å². The van der Waals surface area contributed by atoms with Crippen LogP contribution in [-0.2, 0) is 4.79 Å². The number of carbonyl (C=O) groups is 3. The zero-order chi connectivity index (χ0) is 21.6. The van der Waals surface area contributed by atoms with Crippen molar-refractivity contribution in [1.82, 2.24) is 14.8 Å². The number of fused-ring (bicyclic) bond motifs is 1. The Bertz CT molecular complexity index is 1070. The second-order valence-electron chi connectivity index (χ2n) is 6.87. The lowest BCUT2D eigenvalue weighted by molar-refractivity contribution is -0.131. The van der Waals surface area contributed by atoms with Crippen LogP contribution in [0.4, 0.5) is 5.88 Å². The number of oxazole rings is 1. The molecular formula is C19H15Cl2N5O4. The Kier molecular flexibility index (Phi) is 5.13. The molecule has 0 N–H and O–H groups in total. The van der Waals surface area contributed by atoms with Crippen molar-refractivity contribution in [3.63, 3.8) is 0 Å². The monoisotopic (exact) mass is 447 g/mol. The molecule has 1 aromatic heterocycles. The number of halogens is 2. The van der Waals surface area contributed by atoms with Gasteiger partial charge >= 0.3 is 0 Å². The fourth-order valence-electron chi connectivity index (χ4n) is 3.53. The third-order valence-corrected chi connectivity index (χ3v) is 5.77. The lowest BCUT2D eigenvalue weighted by atomic mass is 10.1. The number of rotatable bonds is 3. The highest BCUT2D eigenvalue weighted by Crippen LogP contribution is 2.31. The summed E-state index contributed by atoms with van der Waals surface area (Å²) in [6.07, 6.45) is 0. The Hall–Kier alpha value is -3.09. The fourth-order valence-corrected chi connectivity index (χ4v) is 3.85. The number of nitriles is 1. The zero-order valence-corrected chi connectivity index (χ0v) is 17.3. The SMILES string of the molecule is Cc1nc(C#N)c(N2CCN(C(=O)CN3C(=O)c4cc(Cl)c(Cl)cc4C3=O)CC2)o1. The number of amides is 3. The van der Waals surface area contributed by atoms with Gasteiger partial charge in [0.25, 0.3) is 11.8 Å². The number of benzene rings is 1. The van der Waals surface area contributed by atoms with Crippen molar-refractivity contribution in [3.05, 3.63) is 44.9 Å². The van der Waals surface area contributed by atoms with Crippen LogP contribution in [0.5, 0.6) is 0 Å². The Labute approximate surface area is 181 Å². The summed E-state index contributed by atoms with van der Waals surface area (Å²) in [5, 5.41) is 9.50. The molecule has 30 heavy (non-hydrogen) atoms. The van der Waals surface area contributed by atoms with Gasteiger partial charge in [0, 0.05) is 33.1 Å². The molecule has 1 aromatic carbocycles. The molecule has 0 atom stereocenters. The van der Waals surface area contributed by atoms with Crippen molar-refractivity contribution < 1.29 is 18.8 Å². The number of imide groups is 1. The van der Waals surface area contributed by atoms with Gasteiger partial charge in [-0.2, -0.15) is 5.26 Å². The van der Waals surface area contributed by atoms with Crippen LogP contribution in [0.1, 0.15) is 32.3 Å². The van der Waals surface area contributed by atoms with Gasteiger partial charge in [0.1, 0.15) is 12.6 Å². The molecule has 0 aliphatic carbocycles. The molecule has 2 aliphatic heterocycles. The van der Waals surface area contributed by atoms with Gasteiger partial charge in [-0.1, -0.05) is 23.2 Å². The van der Waals surface area contributed by atoms with Gasteiger partial charge in [-0.3, -0.25) is 19.3 Å². The van der Waals surface area contributed by atoms with Crippen LogP contribution >= 0.6 is 23.2 Å². The summed E-state index contributed by atoms with van der Waals surface area (Å²) in [5.41, 5.74) is 0.476. The van der Waals surface area contributed by atoms with Gasteiger partial charge in [-0.15, -0.1) is 0 Å². The van der Waals surface area contributed by atoms with E-state index in [2.05, 4.69) is 4.98 Å². The summed E-state index contributed by atoms with van der Waals surface area (Å²) in [4.78, 5) is 46.2. The van der Waals surface area contributed by atoms with Crippen LogP contribution in [0, 0.1) is 18.3 Å². The van der Waals surface area contributed by atoms with Crippen LogP contribution in [-0.4, -0.2) is 65.2 Å². The smallest absolute Gasteiger partial charge is 0.262 e. The maximum atomic E-state index is 12.7. The van der Waals surface area contributed by atoms with E-state index < -0.39 is 11.8 Å². The summed E-state index contributed by atoms with van der Waals surface area (Å²) in [6.45, 7) is 2.86. The van der Waals surface area contributed by atoms with Crippen molar-refractivity contribution in [2.24, 2.45) is 0 Å². The van der Waals surface area contributed by atoms with Crippen LogP contribution in [0.2, 0.25) is 10.0 Å². The van der Waals surface area contributed by atoms with Crippen molar-refractivity contribution in [1.29, 1.82) is 5.26 Å². The summed E-state index contributed by atoms with van der Waals surface area (Å²) in [6, 6.07) is 4.68. The first-order chi connectivity index (χ1) is 14.3. The highest BCUT2D eigenvalue weighted by atomic mass is 35.5. The molecule has 4 rings (SSSR count). The Morgan fingerprint density at radius 1 is 1.13 bits per heavy atom. The van der Waals surface area contributed by atoms with E-state index in [9.17, 15) is 19.6 Å². The van der Waals surface area contributed by atoms with Gasteiger partial charge in [-0.05, 0) is 12.1 Å². The summed E-state index contributed by atoms with van der Waals surface area (Å²) < 4.78 is 5.50. The van der Waals surface area contributed by atoms with E-state index in [1.165, 1.54) is 12.1 Å². The molecule has 0 bridgehead atoms. The van der Waals surface area contributed by atoms with Crippen LogP contribution in [0.3, 0.4) is 0 Å². The van der Waals surface area contributed by atoms with E-state index in [0.29, 0.717) is 38.0 Å². The molecule has 0 unspecified atom stereocenters. The van der Waals surface area contributed by atoms with E-state index in [1.807, 2.05) is 11.0 Å². The number of anilines is 1. The number of aromatic nitrogens is 1. The van der Waals surface area contributed by atoms with Gasteiger partial charge in [0.15, 0.2) is 5.89 Å². The molecule has 3 heterocycles. The highest BCUT2D eigenvalue weighted by molar-refractivity contribution is 6.43. The van der Waals surface area contributed by atoms with Gasteiger partial charge in [0.05, 0.1) is 21.2 Å². The second-order valence-corrected chi connectivity index (χ2v) is 7.69. The Balaban J connectivity index is 1.42. The summed E-state index contributed by atoms with van der Waals surface area (Å²) in [7, 11) is 0. The maximum Gasteiger partial charge on any atom is 0.262 e. The third kappa shape index (κ3) is 3.38. The predicted molar refractivity (Wildman–Crippen MR) is 107 cm³/mol. The first-order valence-electron chi connectivity index (χ1n) is 9.05. The standard InChI is InChI=1S/C19H15Cl2N5O4/c1-10-23-15(8-22)19(30-10)25-4-2-24(3-5-25)16(27)9-26-17(28)11-6-13(20)14(21)7-12(11)18(26)29/h6-7H,2-5,9H2,1H3. The lowest BCUT2D eigenvalue weighted by Crippen LogP contribution is -2.52. The molecule has 2 aromatic rings. The number of hydrogen-bond acceptors (Lipinski definition) is 7. The van der Waals surface area contributed by atoms with Crippen molar-refractivity contribution in [3.8, 4) is 6.07 Å². The third-order valence-electron chi connectivity index (χ3n) is 5.05. The number of carbonyl (C=O) groups excluding carboxylic acids is 3. The van der Waals surface area contributed by atoms with Crippen molar-refractivity contribution in [2.45, 2.75) is 6.92 Å². The van der Waals surface area contributed by atoms with E-state index in [4.69, 9.17) is 27.6 Å². The van der Waals surface area contributed by atoms with Crippen LogP contribution < -0.4 is 4.90 Å². The molecule has 0 saturated carbocycles. The number of hydrogen-bond donors (Lipinski definition) is 0. The Morgan fingerprint density at radius 3 is 2.23 bits per heavy atom. The number of nitrogens with zero attached hydrogens (tertiary/aromatic N) is 5. The molecule has 11 heteroatoms. The quantitative estimate of drug-likeness (QED) is 0.662. The number of piperazine rings is 1. The summed E-state index contributed by atoms with van der Waals surface area (Å²) >= 11 is 11.9. The first kappa shape index (κ1) is 20.2. The van der Waals surface area contributed by atoms with E-state index >= 15 is 0 Å². The van der Waals surface area contributed by atoms with Crippen LogP contribution in [0.15, 0.2) is 16.5 Å². The molecule has 154 valence electrons. The molecule has 1 fully saturated rings. The maximum absolute atomic E-state index is 12.7. The highest BCUT2D eigenvalue weighted by Gasteiger charge is 2.38. The fraction of sp³-hybridized carbons (Fsp3) is 0.316. The molecule has 1 saturated heterocycles. The topological polar surface area (TPSA) is 111 Å². The molecule has 2 aliphatic rings. The molecule has 0 spiro atoms. The average Bonchev–Trinajstić information content (AvgIpc) is 3.22. The van der Waals surface area contributed by atoms with Crippen molar-refractivity contribution >= 4 is 46.8 Å². The van der Waals surface area contributed by atoms with E-state index in [-0.39, 0.29) is 39.3 Å². The van der Waals surface area contributed by atoms with Gasteiger partial charge < -0.3 is 14.2 Å².